The molecule has 0 radical (unpaired) electrons. The molecule has 1 aromatic heterocycles. The molecular formula is C14H15FN2O. The van der Waals surface area contributed by atoms with Crippen molar-refractivity contribution in [3.05, 3.63) is 59.7 Å². The minimum atomic E-state index is -0.348. The van der Waals surface area contributed by atoms with Crippen LogP contribution >= 0.6 is 0 Å². The Balaban J connectivity index is 2.01. The van der Waals surface area contributed by atoms with Crippen LogP contribution in [0.3, 0.4) is 0 Å². The van der Waals surface area contributed by atoms with Crippen molar-refractivity contribution in [2.45, 2.75) is 19.5 Å². The molecule has 0 unspecified atom stereocenters. The molecule has 3 nitrogen and oxygen atoms in total. The number of hydrogen-bond donors (Lipinski definition) is 2. The molecule has 1 atom stereocenters. The van der Waals surface area contributed by atoms with Crippen LogP contribution in [-0.2, 0) is 6.54 Å². The van der Waals surface area contributed by atoms with Crippen molar-refractivity contribution < 1.29 is 9.50 Å². The van der Waals surface area contributed by atoms with Gasteiger partial charge in [0.15, 0.2) is 0 Å². The highest BCUT2D eigenvalue weighted by Gasteiger charge is 2.07. The van der Waals surface area contributed by atoms with E-state index in [1.807, 2.05) is 19.1 Å². The highest BCUT2D eigenvalue weighted by atomic mass is 19.1. The molecule has 2 N–H and O–H groups in total. The number of halogens is 1. The van der Waals surface area contributed by atoms with E-state index in [-0.39, 0.29) is 17.6 Å². The summed E-state index contributed by atoms with van der Waals surface area (Å²) >= 11 is 0. The van der Waals surface area contributed by atoms with Gasteiger partial charge in [-0.15, -0.1) is 0 Å². The lowest BCUT2D eigenvalue weighted by Gasteiger charge is -2.14. The fraction of sp³-hybridized carbons (Fsp3) is 0.214. The molecule has 0 aliphatic carbocycles. The molecule has 1 heterocycles. The molecule has 2 rings (SSSR count). The van der Waals surface area contributed by atoms with Crippen molar-refractivity contribution in [2.75, 3.05) is 0 Å². The summed E-state index contributed by atoms with van der Waals surface area (Å²) in [6, 6.07) is 7.85. The molecule has 4 heteroatoms. The Kier molecular flexibility index (Phi) is 3.89. The Morgan fingerprint density at radius 3 is 2.94 bits per heavy atom. The molecular weight excluding hydrogens is 231 g/mol. The van der Waals surface area contributed by atoms with Crippen molar-refractivity contribution >= 4 is 0 Å². The monoisotopic (exact) mass is 246 g/mol. The zero-order valence-corrected chi connectivity index (χ0v) is 10.1. The zero-order valence-electron chi connectivity index (χ0n) is 10.1. The van der Waals surface area contributed by atoms with Gasteiger partial charge in [0.2, 0.25) is 0 Å². The molecule has 0 saturated heterocycles. The van der Waals surface area contributed by atoms with E-state index in [2.05, 4.69) is 10.3 Å². The number of phenolic OH excluding ortho intramolecular Hbond substituents is 1. The standard InChI is InChI=1S/C14H15FN2O/c1-10(11-3-2-6-16-8-11)17-9-12-7-13(15)4-5-14(12)18/h2-8,10,17-18H,9H2,1H3/t10-/m1/s1. The number of aromatic hydroxyl groups is 1. The van der Waals surface area contributed by atoms with Gasteiger partial charge in [-0.05, 0) is 36.8 Å². The normalized spacial score (nSPS) is 12.3. The Hall–Kier alpha value is -1.94. The lowest BCUT2D eigenvalue weighted by molar-refractivity contribution is 0.457. The first-order chi connectivity index (χ1) is 8.66. The summed E-state index contributed by atoms with van der Waals surface area (Å²) in [5.41, 5.74) is 1.60. The van der Waals surface area contributed by atoms with E-state index in [1.54, 1.807) is 12.4 Å². The van der Waals surface area contributed by atoms with Crippen LogP contribution in [0.1, 0.15) is 24.1 Å². The van der Waals surface area contributed by atoms with E-state index < -0.39 is 0 Å². The maximum atomic E-state index is 13.0. The zero-order chi connectivity index (χ0) is 13.0. The fourth-order valence-corrected chi connectivity index (χ4v) is 1.71. The van der Waals surface area contributed by atoms with Crippen LogP contribution in [-0.4, -0.2) is 10.1 Å². The van der Waals surface area contributed by atoms with Gasteiger partial charge < -0.3 is 10.4 Å². The number of hydrogen-bond acceptors (Lipinski definition) is 3. The van der Waals surface area contributed by atoms with Gasteiger partial charge in [-0.25, -0.2) is 4.39 Å². The van der Waals surface area contributed by atoms with Gasteiger partial charge >= 0.3 is 0 Å². The van der Waals surface area contributed by atoms with Crippen molar-refractivity contribution in [1.82, 2.24) is 10.3 Å². The fourth-order valence-electron chi connectivity index (χ4n) is 1.71. The average Bonchev–Trinajstić information content (AvgIpc) is 2.40. The van der Waals surface area contributed by atoms with Gasteiger partial charge in [0, 0.05) is 30.5 Å². The van der Waals surface area contributed by atoms with E-state index >= 15 is 0 Å². The predicted octanol–water partition coefficient (Wildman–Crippen LogP) is 2.78. The van der Waals surface area contributed by atoms with Crippen molar-refractivity contribution in [2.24, 2.45) is 0 Å². The summed E-state index contributed by atoms with van der Waals surface area (Å²) in [4.78, 5) is 4.04. The second-order valence-corrected chi connectivity index (χ2v) is 4.16. The van der Waals surface area contributed by atoms with Gasteiger partial charge in [-0.2, -0.15) is 0 Å². The van der Waals surface area contributed by atoms with E-state index in [0.29, 0.717) is 12.1 Å². The second kappa shape index (κ2) is 5.60. The Bertz CT molecular complexity index is 516. The van der Waals surface area contributed by atoms with Crippen molar-refractivity contribution in [3.8, 4) is 5.75 Å². The molecule has 1 aromatic carbocycles. The Labute approximate surface area is 105 Å². The minimum absolute atomic E-state index is 0.0846. The van der Waals surface area contributed by atoms with E-state index in [1.165, 1.54) is 18.2 Å². The van der Waals surface area contributed by atoms with Crippen LogP contribution in [0.15, 0.2) is 42.7 Å². The maximum absolute atomic E-state index is 13.0. The topological polar surface area (TPSA) is 45.1 Å². The summed E-state index contributed by atoms with van der Waals surface area (Å²) in [5, 5.41) is 12.8. The van der Waals surface area contributed by atoms with Crippen LogP contribution in [0.25, 0.3) is 0 Å². The lowest BCUT2D eigenvalue weighted by atomic mass is 10.1. The summed E-state index contributed by atoms with van der Waals surface area (Å²) < 4.78 is 13.0. The Morgan fingerprint density at radius 1 is 1.39 bits per heavy atom. The van der Waals surface area contributed by atoms with E-state index in [9.17, 15) is 9.50 Å². The third-order valence-electron chi connectivity index (χ3n) is 2.82. The van der Waals surface area contributed by atoms with E-state index in [0.717, 1.165) is 5.56 Å². The quantitative estimate of drug-likeness (QED) is 0.872. The Morgan fingerprint density at radius 2 is 2.22 bits per heavy atom. The molecule has 2 aromatic rings. The first-order valence-corrected chi connectivity index (χ1v) is 5.77. The molecule has 0 bridgehead atoms. The summed E-state index contributed by atoms with van der Waals surface area (Å²) in [7, 11) is 0. The molecule has 0 amide bonds. The largest absolute Gasteiger partial charge is 0.508 e. The highest BCUT2D eigenvalue weighted by molar-refractivity contribution is 5.32. The van der Waals surface area contributed by atoms with Crippen LogP contribution in [0.2, 0.25) is 0 Å². The predicted molar refractivity (Wildman–Crippen MR) is 67.6 cm³/mol. The number of benzene rings is 1. The maximum Gasteiger partial charge on any atom is 0.123 e. The summed E-state index contributed by atoms with van der Waals surface area (Å²) in [6.45, 7) is 2.40. The number of rotatable bonds is 4. The molecule has 0 aliphatic heterocycles. The third-order valence-corrected chi connectivity index (χ3v) is 2.82. The van der Waals surface area contributed by atoms with Gasteiger partial charge in [0.25, 0.3) is 0 Å². The van der Waals surface area contributed by atoms with Crippen LogP contribution in [0.4, 0.5) is 4.39 Å². The molecule has 0 aliphatic rings. The van der Waals surface area contributed by atoms with Gasteiger partial charge in [0.1, 0.15) is 11.6 Å². The molecule has 94 valence electrons. The summed E-state index contributed by atoms with van der Waals surface area (Å²) in [6.07, 6.45) is 3.50. The number of pyridine rings is 1. The molecule has 18 heavy (non-hydrogen) atoms. The second-order valence-electron chi connectivity index (χ2n) is 4.16. The minimum Gasteiger partial charge on any atom is -0.508 e. The van der Waals surface area contributed by atoms with Crippen LogP contribution < -0.4 is 5.32 Å². The van der Waals surface area contributed by atoms with Gasteiger partial charge in [0.05, 0.1) is 0 Å². The van der Waals surface area contributed by atoms with Gasteiger partial charge in [-0.1, -0.05) is 6.07 Å². The number of nitrogens with zero attached hydrogens (tertiary/aromatic N) is 1. The SMILES string of the molecule is C[C@@H](NCc1cc(F)ccc1O)c1cccnc1. The highest BCUT2D eigenvalue weighted by Crippen LogP contribution is 2.19. The number of aromatic nitrogens is 1. The smallest absolute Gasteiger partial charge is 0.123 e. The first-order valence-electron chi connectivity index (χ1n) is 5.77. The average molecular weight is 246 g/mol. The lowest BCUT2D eigenvalue weighted by Crippen LogP contribution is -2.18. The number of phenols is 1. The number of nitrogens with one attached hydrogen (secondary N) is 1. The first kappa shape index (κ1) is 12.5. The molecule has 0 spiro atoms. The van der Waals surface area contributed by atoms with Crippen LogP contribution in [0.5, 0.6) is 5.75 Å². The molecule has 0 saturated carbocycles. The van der Waals surface area contributed by atoms with Gasteiger partial charge in [-0.3, -0.25) is 4.98 Å². The third kappa shape index (κ3) is 3.05. The van der Waals surface area contributed by atoms with Crippen molar-refractivity contribution in [3.63, 3.8) is 0 Å². The summed E-state index contributed by atoms with van der Waals surface area (Å²) in [5.74, 6) is -0.249. The van der Waals surface area contributed by atoms with Crippen LogP contribution in [0, 0.1) is 5.82 Å². The molecule has 0 fully saturated rings. The van der Waals surface area contributed by atoms with E-state index in [4.69, 9.17) is 0 Å². The van der Waals surface area contributed by atoms with Crippen molar-refractivity contribution in [1.29, 1.82) is 0 Å².